The van der Waals surface area contributed by atoms with E-state index >= 15 is 0 Å². The summed E-state index contributed by atoms with van der Waals surface area (Å²) in [5, 5.41) is 0. The summed E-state index contributed by atoms with van der Waals surface area (Å²) in [6.07, 6.45) is 3.53. The molecule has 0 saturated carbocycles. The van der Waals surface area contributed by atoms with Crippen LogP contribution in [0.2, 0.25) is 0 Å². The predicted molar refractivity (Wildman–Crippen MR) is 62.9 cm³/mol. The average Bonchev–Trinajstić information content (AvgIpc) is 2.21. The van der Waals surface area contributed by atoms with Crippen molar-refractivity contribution in [1.29, 1.82) is 0 Å². The molecule has 70 valence electrons. The summed E-state index contributed by atoms with van der Waals surface area (Å²) < 4.78 is 1.94. The summed E-state index contributed by atoms with van der Waals surface area (Å²) in [5.74, 6) is 0. The van der Waals surface area contributed by atoms with Crippen LogP contribution >= 0.6 is 31.9 Å². The molecule has 4 heteroatoms. The van der Waals surface area contributed by atoms with E-state index in [1.54, 1.807) is 12.4 Å². The summed E-state index contributed by atoms with van der Waals surface area (Å²) in [6.45, 7) is 0. The van der Waals surface area contributed by atoms with Gasteiger partial charge in [-0.2, -0.15) is 0 Å². The third-order valence-electron chi connectivity index (χ3n) is 1.72. The third kappa shape index (κ3) is 2.19. The zero-order chi connectivity index (χ0) is 9.97. The van der Waals surface area contributed by atoms with Crippen LogP contribution in [0.4, 0.5) is 0 Å². The fourth-order valence-corrected chi connectivity index (χ4v) is 1.52. The van der Waals surface area contributed by atoms with Gasteiger partial charge in [0, 0.05) is 21.3 Å². The Kier molecular flexibility index (Phi) is 2.93. The van der Waals surface area contributed by atoms with Crippen LogP contribution in [0, 0.1) is 0 Å². The van der Waals surface area contributed by atoms with Crippen molar-refractivity contribution >= 4 is 31.9 Å². The quantitative estimate of drug-likeness (QED) is 0.803. The first-order valence-corrected chi connectivity index (χ1v) is 5.58. The van der Waals surface area contributed by atoms with Gasteiger partial charge in [-0.15, -0.1) is 0 Å². The highest BCUT2D eigenvalue weighted by Crippen LogP contribution is 2.18. The van der Waals surface area contributed by atoms with Crippen LogP contribution in [0.5, 0.6) is 0 Å². The molecule has 0 amide bonds. The lowest BCUT2D eigenvalue weighted by atomic mass is 10.2. The Bertz CT molecular complexity index is 379. The van der Waals surface area contributed by atoms with Crippen molar-refractivity contribution in [3.8, 4) is 11.4 Å². The molecule has 2 heterocycles. The van der Waals surface area contributed by atoms with E-state index in [1.165, 1.54) is 0 Å². The Morgan fingerprint density at radius 1 is 0.714 bits per heavy atom. The fraction of sp³-hybridized carbons (Fsp3) is 0. The molecule has 2 aromatic rings. The second-order valence-corrected chi connectivity index (χ2v) is 4.55. The molecule has 0 N–H and O–H groups in total. The number of hydrogen-bond donors (Lipinski definition) is 0. The first-order chi connectivity index (χ1) is 6.75. The molecule has 0 atom stereocenters. The number of aromatic nitrogens is 2. The van der Waals surface area contributed by atoms with Crippen molar-refractivity contribution < 1.29 is 0 Å². The number of halogens is 2. The van der Waals surface area contributed by atoms with Crippen molar-refractivity contribution in [2.45, 2.75) is 0 Å². The molecule has 2 nitrogen and oxygen atoms in total. The van der Waals surface area contributed by atoms with E-state index in [4.69, 9.17) is 0 Å². The Morgan fingerprint density at radius 2 is 1.14 bits per heavy atom. The highest BCUT2D eigenvalue weighted by molar-refractivity contribution is 9.10. The van der Waals surface area contributed by atoms with Crippen LogP contribution in [0.3, 0.4) is 0 Å². The first-order valence-electron chi connectivity index (χ1n) is 3.99. The van der Waals surface area contributed by atoms with Crippen molar-refractivity contribution in [3.05, 3.63) is 45.6 Å². The van der Waals surface area contributed by atoms with Crippen LogP contribution < -0.4 is 0 Å². The highest BCUT2D eigenvalue weighted by atomic mass is 79.9. The van der Waals surface area contributed by atoms with E-state index in [9.17, 15) is 0 Å². The minimum Gasteiger partial charge on any atom is -0.253 e. The number of hydrogen-bond acceptors (Lipinski definition) is 2. The number of pyridine rings is 2. The van der Waals surface area contributed by atoms with E-state index in [1.807, 2.05) is 24.3 Å². The summed E-state index contributed by atoms with van der Waals surface area (Å²) >= 11 is 6.68. The van der Waals surface area contributed by atoms with Gasteiger partial charge in [0.05, 0.1) is 11.4 Å². The van der Waals surface area contributed by atoms with E-state index in [-0.39, 0.29) is 0 Å². The Morgan fingerprint density at radius 3 is 1.43 bits per heavy atom. The fourth-order valence-electron chi connectivity index (χ4n) is 1.05. The van der Waals surface area contributed by atoms with Gasteiger partial charge in [-0.3, -0.25) is 9.97 Å². The molecule has 0 fully saturated rings. The monoisotopic (exact) mass is 312 g/mol. The van der Waals surface area contributed by atoms with Crippen molar-refractivity contribution in [2.75, 3.05) is 0 Å². The molecule has 0 saturated heterocycles. The van der Waals surface area contributed by atoms with E-state index in [2.05, 4.69) is 41.8 Å². The van der Waals surface area contributed by atoms with Gasteiger partial charge in [0.15, 0.2) is 0 Å². The zero-order valence-corrected chi connectivity index (χ0v) is 10.3. The summed E-state index contributed by atoms with van der Waals surface area (Å²) in [5.41, 5.74) is 1.75. The second-order valence-electron chi connectivity index (χ2n) is 2.72. The van der Waals surface area contributed by atoms with E-state index in [0.29, 0.717) is 0 Å². The van der Waals surface area contributed by atoms with Gasteiger partial charge in [0.25, 0.3) is 0 Å². The lowest BCUT2D eigenvalue weighted by Crippen LogP contribution is -1.85. The summed E-state index contributed by atoms with van der Waals surface area (Å²) in [6, 6.07) is 7.76. The van der Waals surface area contributed by atoms with Gasteiger partial charge in [0.1, 0.15) is 0 Å². The third-order valence-corrected chi connectivity index (χ3v) is 2.66. The molecule has 0 aliphatic rings. The highest BCUT2D eigenvalue weighted by Gasteiger charge is 1.99. The summed E-state index contributed by atoms with van der Waals surface area (Å²) in [4.78, 5) is 8.51. The Labute approximate surface area is 98.7 Å². The lowest BCUT2D eigenvalue weighted by molar-refractivity contribution is 1.23. The maximum Gasteiger partial charge on any atom is 0.0886 e. The molecule has 0 radical (unpaired) electrons. The van der Waals surface area contributed by atoms with Gasteiger partial charge in [-0.05, 0) is 56.1 Å². The molecule has 0 unspecified atom stereocenters. The molecule has 0 aliphatic heterocycles. The molecule has 0 aliphatic carbocycles. The predicted octanol–water partition coefficient (Wildman–Crippen LogP) is 3.67. The Hall–Kier alpha value is -0.740. The lowest BCUT2D eigenvalue weighted by Gasteiger charge is -1.99. The van der Waals surface area contributed by atoms with Gasteiger partial charge >= 0.3 is 0 Å². The van der Waals surface area contributed by atoms with Crippen LogP contribution in [-0.2, 0) is 0 Å². The maximum absolute atomic E-state index is 4.25. The van der Waals surface area contributed by atoms with Crippen molar-refractivity contribution in [2.24, 2.45) is 0 Å². The topological polar surface area (TPSA) is 25.8 Å². The molecular formula is C10H6Br2N2. The Balaban J connectivity index is 2.40. The van der Waals surface area contributed by atoms with Crippen molar-refractivity contribution in [1.82, 2.24) is 9.97 Å². The molecule has 2 rings (SSSR count). The zero-order valence-electron chi connectivity index (χ0n) is 7.11. The average molecular weight is 314 g/mol. The van der Waals surface area contributed by atoms with Gasteiger partial charge in [-0.1, -0.05) is 0 Å². The van der Waals surface area contributed by atoms with Crippen LogP contribution in [0.1, 0.15) is 0 Å². The van der Waals surface area contributed by atoms with Crippen LogP contribution in [0.15, 0.2) is 45.6 Å². The maximum atomic E-state index is 4.25. The van der Waals surface area contributed by atoms with Gasteiger partial charge < -0.3 is 0 Å². The van der Waals surface area contributed by atoms with E-state index in [0.717, 1.165) is 20.3 Å². The molecule has 2 aromatic heterocycles. The normalized spacial score (nSPS) is 10.1. The first kappa shape index (κ1) is 9.80. The largest absolute Gasteiger partial charge is 0.253 e. The minimum absolute atomic E-state index is 0.876. The molecule has 0 spiro atoms. The molecule has 0 bridgehead atoms. The summed E-state index contributed by atoms with van der Waals surface area (Å²) in [7, 11) is 0. The van der Waals surface area contributed by atoms with Crippen LogP contribution in [0.25, 0.3) is 11.4 Å². The minimum atomic E-state index is 0.876. The molecular weight excluding hydrogens is 308 g/mol. The molecule has 0 aromatic carbocycles. The number of rotatable bonds is 1. The van der Waals surface area contributed by atoms with Gasteiger partial charge in [0.2, 0.25) is 0 Å². The standard InChI is InChI=1S/C10H6Br2N2/c11-7-1-3-9(13-5-7)10-4-2-8(12)6-14-10/h1-6H. The molecule has 14 heavy (non-hydrogen) atoms. The number of nitrogens with zero attached hydrogens (tertiary/aromatic N) is 2. The SMILES string of the molecule is Brc1ccc(-c2ccc(Br)cn2)nc1. The smallest absolute Gasteiger partial charge is 0.0886 e. The van der Waals surface area contributed by atoms with Gasteiger partial charge in [-0.25, -0.2) is 0 Å². The second kappa shape index (κ2) is 4.19. The van der Waals surface area contributed by atoms with Crippen molar-refractivity contribution in [3.63, 3.8) is 0 Å². The van der Waals surface area contributed by atoms with E-state index < -0.39 is 0 Å². The van der Waals surface area contributed by atoms with Crippen LogP contribution in [-0.4, -0.2) is 9.97 Å².